The van der Waals surface area contributed by atoms with E-state index in [0.717, 1.165) is 16.7 Å². The number of carbonyl (C=O) groups excluding carboxylic acids is 2. The molecule has 0 saturated carbocycles. The monoisotopic (exact) mass is 323 g/mol. The number of nitrogens with one attached hydrogen (secondary N) is 1. The van der Waals surface area contributed by atoms with Crippen LogP contribution in [0.3, 0.4) is 0 Å². The molecule has 0 radical (unpaired) electrons. The minimum atomic E-state index is -3.49. The van der Waals surface area contributed by atoms with Crippen molar-refractivity contribution in [2.45, 2.75) is 25.0 Å². The molecule has 0 aromatic heterocycles. The maximum Gasteiger partial charge on any atom is 0.324 e. The van der Waals surface area contributed by atoms with Crippen molar-refractivity contribution in [1.29, 1.82) is 0 Å². The normalized spacial score (nSPS) is 26.0. The second-order valence-electron chi connectivity index (χ2n) is 5.57. The molecule has 0 spiro atoms. The largest absolute Gasteiger partial charge is 0.333 e. The molecule has 2 aliphatic heterocycles. The maximum atomic E-state index is 12.6. The van der Waals surface area contributed by atoms with Gasteiger partial charge in [0.05, 0.1) is 18.8 Å². The van der Waals surface area contributed by atoms with Gasteiger partial charge in [0.2, 0.25) is 10.0 Å². The number of rotatable bonds is 3. The highest BCUT2D eigenvalue weighted by Gasteiger charge is 2.50. The van der Waals surface area contributed by atoms with Crippen LogP contribution in [-0.2, 0) is 21.4 Å². The number of fused-ring (bicyclic) bond motifs is 1. The van der Waals surface area contributed by atoms with Crippen molar-refractivity contribution in [3.8, 4) is 0 Å². The first kappa shape index (κ1) is 15.0. The number of hydrogen-bond acceptors (Lipinski definition) is 4. The Balaban J connectivity index is 1.87. The van der Waals surface area contributed by atoms with Crippen molar-refractivity contribution >= 4 is 22.0 Å². The van der Waals surface area contributed by atoms with E-state index in [0.29, 0.717) is 6.42 Å². The molecule has 2 fully saturated rings. The third-order valence-electron chi connectivity index (χ3n) is 4.03. The highest BCUT2D eigenvalue weighted by atomic mass is 32.2. The van der Waals surface area contributed by atoms with Crippen LogP contribution in [0.25, 0.3) is 0 Å². The van der Waals surface area contributed by atoms with Gasteiger partial charge in [-0.2, -0.15) is 4.31 Å². The maximum absolute atomic E-state index is 12.6. The van der Waals surface area contributed by atoms with Gasteiger partial charge in [-0.15, -0.1) is 0 Å². The molecule has 2 heterocycles. The molecular formula is C14H17N3O4S. The molecule has 2 atom stereocenters. The van der Waals surface area contributed by atoms with E-state index in [2.05, 4.69) is 5.32 Å². The van der Waals surface area contributed by atoms with Gasteiger partial charge in [-0.25, -0.2) is 13.2 Å². The summed E-state index contributed by atoms with van der Waals surface area (Å²) in [6, 6.07) is 7.38. The SMILES string of the molecule is CS(=O)(=O)N1CCC2NC(=O)N(Cc3ccccc3)C(=O)C21. The van der Waals surface area contributed by atoms with Crippen LogP contribution in [0.4, 0.5) is 4.79 Å². The molecule has 118 valence electrons. The number of imide groups is 1. The van der Waals surface area contributed by atoms with E-state index in [-0.39, 0.29) is 13.1 Å². The highest BCUT2D eigenvalue weighted by Crippen LogP contribution is 2.27. The lowest BCUT2D eigenvalue weighted by Gasteiger charge is -2.36. The second kappa shape index (κ2) is 5.36. The summed E-state index contributed by atoms with van der Waals surface area (Å²) < 4.78 is 24.8. The van der Waals surface area contributed by atoms with Crippen molar-refractivity contribution in [2.75, 3.05) is 12.8 Å². The molecule has 3 rings (SSSR count). The zero-order valence-electron chi connectivity index (χ0n) is 12.1. The molecule has 3 amide bonds. The number of benzene rings is 1. The van der Waals surface area contributed by atoms with Gasteiger partial charge in [0.15, 0.2) is 0 Å². The highest BCUT2D eigenvalue weighted by molar-refractivity contribution is 7.88. The third-order valence-corrected chi connectivity index (χ3v) is 5.30. The van der Waals surface area contributed by atoms with Crippen LogP contribution in [0.1, 0.15) is 12.0 Å². The van der Waals surface area contributed by atoms with E-state index < -0.39 is 34.0 Å². The smallest absolute Gasteiger partial charge is 0.324 e. The van der Waals surface area contributed by atoms with Crippen LogP contribution < -0.4 is 5.32 Å². The van der Waals surface area contributed by atoms with Gasteiger partial charge in [-0.3, -0.25) is 9.69 Å². The van der Waals surface area contributed by atoms with E-state index in [1.54, 1.807) is 0 Å². The molecule has 2 unspecified atom stereocenters. The van der Waals surface area contributed by atoms with E-state index in [1.165, 1.54) is 4.31 Å². The number of amides is 3. The first-order chi connectivity index (χ1) is 10.4. The van der Waals surface area contributed by atoms with Crippen molar-refractivity contribution in [3.05, 3.63) is 35.9 Å². The fourth-order valence-corrected chi connectivity index (χ4v) is 4.08. The Hall–Kier alpha value is -1.93. The van der Waals surface area contributed by atoms with Crippen LogP contribution in [0.5, 0.6) is 0 Å². The van der Waals surface area contributed by atoms with Gasteiger partial charge in [-0.1, -0.05) is 30.3 Å². The van der Waals surface area contributed by atoms with Crippen molar-refractivity contribution in [2.24, 2.45) is 0 Å². The summed E-state index contributed by atoms with van der Waals surface area (Å²) in [7, 11) is -3.49. The Bertz CT molecular complexity index is 704. The molecule has 22 heavy (non-hydrogen) atoms. The second-order valence-corrected chi connectivity index (χ2v) is 7.51. The Morgan fingerprint density at radius 2 is 1.91 bits per heavy atom. The quantitative estimate of drug-likeness (QED) is 0.857. The van der Waals surface area contributed by atoms with Crippen molar-refractivity contribution < 1.29 is 18.0 Å². The fourth-order valence-electron chi connectivity index (χ4n) is 2.99. The Morgan fingerprint density at radius 3 is 2.55 bits per heavy atom. The molecule has 1 aromatic carbocycles. The molecule has 2 saturated heterocycles. The standard InChI is InChI=1S/C14H17N3O4S/c1-22(20,21)17-8-7-11-12(17)13(18)16(14(19)15-11)9-10-5-3-2-4-6-10/h2-6,11-12H,7-9H2,1H3,(H,15,19). The Morgan fingerprint density at radius 1 is 1.23 bits per heavy atom. The predicted octanol–water partition coefficient (Wildman–Crippen LogP) is 0.141. The van der Waals surface area contributed by atoms with Crippen molar-refractivity contribution in [1.82, 2.24) is 14.5 Å². The zero-order chi connectivity index (χ0) is 15.9. The number of urea groups is 1. The van der Waals surface area contributed by atoms with Gasteiger partial charge in [0, 0.05) is 6.54 Å². The molecule has 0 aliphatic carbocycles. The summed E-state index contributed by atoms with van der Waals surface area (Å²) in [4.78, 5) is 25.9. The summed E-state index contributed by atoms with van der Waals surface area (Å²) in [5, 5.41) is 2.74. The topological polar surface area (TPSA) is 86.8 Å². The number of nitrogens with zero attached hydrogens (tertiary/aromatic N) is 2. The van der Waals surface area contributed by atoms with Crippen LogP contribution in [0, 0.1) is 0 Å². The van der Waals surface area contributed by atoms with Crippen LogP contribution in [-0.4, -0.2) is 54.4 Å². The van der Waals surface area contributed by atoms with Gasteiger partial charge >= 0.3 is 6.03 Å². The lowest BCUT2D eigenvalue weighted by atomic mass is 10.1. The van der Waals surface area contributed by atoms with Crippen LogP contribution in [0.2, 0.25) is 0 Å². The van der Waals surface area contributed by atoms with E-state index in [4.69, 9.17) is 0 Å². The van der Waals surface area contributed by atoms with E-state index in [1.807, 2.05) is 30.3 Å². The number of sulfonamides is 1. The predicted molar refractivity (Wildman–Crippen MR) is 79.3 cm³/mol. The summed E-state index contributed by atoms with van der Waals surface area (Å²) in [6.45, 7) is 0.381. The lowest BCUT2D eigenvalue weighted by molar-refractivity contribution is -0.134. The molecule has 8 heteroatoms. The molecule has 2 aliphatic rings. The fraction of sp³-hybridized carbons (Fsp3) is 0.429. The molecule has 0 bridgehead atoms. The van der Waals surface area contributed by atoms with E-state index in [9.17, 15) is 18.0 Å². The Kier molecular flexibility index (Phi) is 3.65. The van der Waals surface area contributed by atoms with Gasteiger partial charge in [0.1, 0.15) is 6.04 Å². The molecule has 7 nitrogen and oxygen atoms in total. The minimum absolute atomic E-state index is 0.131. The van der Waals surface area contributed by atoms with Gasteiger partial charge in [0.25, 0.3) is 5.91 Å². The number of hydrogen-bond donors (Lipinski definition) is 1. The average Bonchev–Trinajstić information content (AvgIpc) is 2.88. The average molecular weight is 323 g/mol. The summed E-state index contributed by atoms with van der Waals surface area (Å²) in [5.41, 5.74) is 0.813. The first-order valence-electron chi connectivity index (χ1n) is 7.00. The lowest BCUT2D eigenvalue weighted by Crippen LogP contribution is -2.64. The van der Waals surface area contributed by atoms with Gasteiger partial charge < -0.3 is 5.32 Å². The van der Waals surface area contributed by atoms with Crippen LogP contribution in [0.15, 0.2) is 30.3 Å². The summed E-state index contributed by atoms with van der Waals surface area (Å²) >= 11 is 0. The Labute approximate surface area is 128 Å². The number of carbonyl (C=O) groups is 2. The molecule has 1 aromatic rings. The summed E-state index contributed by atoms with van der Waals surface area (Å²) in [5.74, 6) is -0.458. The minimum Gasteiger partial charge on any atom is -0.333 e. The zero-order valence-corrected chi connectivity index (χ0v) is 12.9. The molecule has 1 N–H and O–H groups in total. The van der Waals surface area contributed by atoms with E-state index >= 15 is 0 Å². The van der Waals surface area contributed by atoms with Crippen molar-refractivity contribution in [3.63, 3.8) is 0 Å². The summed E-state index contributed by atoms with van der Waals surface area (Å²) in [6.07, 6.45) is 1.54. The molecular weight excluding hydrogens is 306 g/mol. The van der Waals surface area contributed by atoms with Gasteiger partial charge in [-0.05, 0) is 12.0 Å². The third kappa shape index (κ3) is 2.59. The van der Waals surface area contributed by atoms with Crippen LogP contribution >= 0.6 is 0 Å². The first-order valence-corrected chi connectivity index (χ1v) is 8.85.